The number of nitrogens with zero attached hydrogens (tertiary/aromatic N) is 1. The third-order valence-corrected chi connectivity index (χ3v) is 4.43. The standard InChI is InChI=1S/C21H18BrN3O2/c22-19-5-1-4-18(11-19)21(27)24-13-15-6-8-17(9-7-15)20(26)25-14-16-3-2-10-23-12-16/h1-12H,13-14H2,(H,24,27)(H,25,26). The molecule has 2 aromatic carbocycles. The van der Waals surface area contributed by atoms with Crippen molar-refractivity contribution in [1.29, 1.82) is 0 Å². The van der Waals surface area contributed by atoms with Crippen molar-refractivity contribution >= 4 is 27.7 Å². The molecule has 0 saturated heterocycles. The average molecular weight is 424 g/mol. The highest BCUT2D eigenvalue weighted by Gasteiger charge is 2.07. The molecule has 0 aliphatic carbocycles. The molecule has 136 valence electrons. The van der Waals surface area contributed by atoms with Crippen LogP contribution in [0.3, 0.4) is 0 Å². The van der Waals surface area contributed by atoms with Crippen LogP contribution >= 0.6 is 15.9 Å². The molecule has 5 nitrogen and oxygen atoms in total. The zero-order chi connectivity index (χ0) is 19.1. The van der Waals surface area contributed by atoms with Crippen molar-refractivity contribution in [2.45, 2.75) is 13.1 Å². The van der Waals surface area contributed by atoms with Gasteiger partial charge in [0.1, 0.15) is 0 Å². The molecule has 0 spiro atoms. The van der Waals surface area contributed by atoms with Crippen molar-refractivity contribution < 1.29 is 9.59 Å². The van der Waals surface area contributed by atoms with E-state index in [9.17, 15) is 9.59 Å². The maximum atomic E-state index is 12.2. The number of halogens is 1. The Morgan fingerprint density at radius 1 is 0.815 bits per heavy atom. The molecule has 0 bridgehead atoms. The zero-order valence-electron chi connectivity index (χ0n) is 14.5. The van der Waals surface area contributed by atoms with Gasteiger partial charge in [-0.15, -0.1) is 0 Å². The van der Waals surface area contributed by atoms with Gasteiger partial charge in [0, 0.05) is 41.1 Å². The first-order chi connectivity index (χ1) is 13.1. The minimum Gasteiger partial charge on any atom is -0.348 e. The van der Waals surface area contributed by atoms with E-state index in [0.29, 0.717) is 24.2 Å². The van der Waals surface area contributed by atoms with Gasteiger partial charge in [-0.25, -0.2) is 0 Å². The zero-order valence-corrected chi connectivity index (χ0v) is 16.1. The molecule has 0 aliphatic rings. The van der Waals surface area contributed by atoms with E-state index in [4.69, 9.17) is 0 Å². The Kier molecular flexibility index (Phi) is 6.33. The van der Waals surface area contributed by atoms with Crippen LogP contribution in [-0.2, 0) is 13.1 Å². The van der Waals surface area contributed by atoms with Gasteiger partial charge in [-0.1, -0.05) is 40.2 Å². The summed E-state index contributed by atoms with van der Waals surface area (Å²) in [5, 5.41) is 5.73. The van der Waals surface area contributed by atoms with Crippen LogP contribution in [0.15, 0.2) is 77.5 Å². The van der Waals surface area contributed by atoms with Crippen molar-refractivity contribution in [2.24, 2.45) is 0 Å². The first-order valence-electron chi connectivity index (χ1n) is 8.41. The van der Waals surface area contributed by atoms with Gasteiger partial charge in [0.05, 0.1) is 0 Å². The van der Waals surface area contributed by atoms with Crippen molar-refractivity contribution in [1.82, 2.24) is 15.6 Å². The lowest BCUT2D eigenvalue weighted by Crippen LogP contribution is -2.24. The van der Waals surface area contributed by atoms with E-state index in [1.54, 1.807) is 36.7 Å². The van der Waals surface area contributed by atoms with Crippen LogP contribution in [0, 0.1) is 0 Å². The molecule has 1 aromatic heterocycles. The Balaban J connectivity index is 1.52. The first-order valence-corrected chi connectivity index (χ1v) is 9.21. The second-order valence-electron chi connectivity index (χ2n) is 5.93. The van der Waals surface area contributed by atoms with Gasteiger partial charge in [0.2, 0.25) is 0 Å². The number of carbonyl (C=O) groups excluding carboxylic acids is 2. The molecule has 0 unspecified atom stereocenters. The molecule has 3 rings (SSSR count). The van der Waals surface area contributed by atoms with E-state index >= 15 is 0 Å². The fraction of sp³-hybridized carbons (Fsp3) is 0.0952. The molecule has 3 aromatic rings. The summed E-state index contributed by atoms with van der Waals surface area (Å²) in [6.45, 7) is 0.819. The summed E-state index contributed by atoms with van der Waals surface area (Å²) in [6, 6.07) is 18.1. The predicted molar refractivity (Wildman–Crippen MR) is 107 cm³/mol. The van der Waals surface area contributed by atoms with E-state index in [0.717, 1.165) is 15.6 Å². The molecule has 1 heterocycles. The van der Waals surface area contributed by atoms with Crippen molar-refractivity contribution in [3.63, 3.8) is 0 Å². The number of rotatable bonds is 6. The van der Waals surface area contributed by atoms with Crippen molar-refractivity contribution in [3.8, 4) is 0 Å². The number of amides is 2. The molecule has 2 N–H and O–H groups in total. The lowest BCUT2D eigenvalue weighted by atomic mass is 10.1. The first kappa shape index (κ1) is 18.8. The smallest absolute Gasteiger partial charge is 0.251 e. The largest absolute Gasteiger partial charge is 0.348 e. The fourth-order valence-electron chi connectivity index (χ4n) is 2.48. The Hall–Kier alpha value is -2.99. The van der Waals surface area contributed by atoms with E-state index in [-0.39, 0.29) is 11.8 Å². The molecule has 0 radical (unpaired) electrons. The number of benzene rings is 2. The van der Waals surface area contributed by atoms with Gasteiger partial charge >= 0.3 is 0 Å². The second-order valence-corrected chi connectivity index (χ2v) is 6.85. The van der Waals surface area contributed by atoms with Gasteiger partial charge in [-0.05, 0) is 47.5 Å². The highest BCUT2D eigenvalue weighted by molar-refractivity contribution is 9.10. The van der Waals surface area contributed by atoms with Crippen LogP contribution in [0.5, 0.6) is 0 Å². The number of aromatic nitrogens is 1. The Morgan fingerprint density at radius 2 is 1.52 bits per heavy atom. The summed E-state index contributed by atoms with van der Waals surface area (Å²) in [4.78, 5) is 28.4. The lowest BCUT2D eigenvalue weighted by Gasteiger charge is -2.08. The van der Waals surface area contributed by atoms with E-state index in [1.165, 1.54) is 0 Å². The lowest BCUT2D eigenvalue weighted by molar-refractivity contribution is 0.0941. The Labute approximate surface area is 166 Å². The molecular weight excluding hydrogens is 406 g/mol. The van der Waals surface area contributed by atoms with Crippen LogP contribution in [0.1, 0.15) is 31.8 Å². The molecule has 0 saturated carbocycles. The van der Waals surface area contributed by atoms with Crippen LogP contribution in [0.2, 0.25) is 0 Å². The highest BCUT2D eigenvalue weighted by atomic mass is 79.9. The molecular formula is C21H18BrN3O2. The molecule has 2 amide bonds. The topological polar surface area (TPSA) is 71.1 Å². The van der Waals surface area contributed by atoms with Crippen LogP contribution < -0.4 is 10.6 Å². The number of nitrogens with one attached hydrogen (secondary N) is 2. The maximum absolute atomic E-state index is 12.2. The van der Waals surface area contributed by atoms with E-state index in [2.05, 4.69) is 31.5 Å². The van der Waals surface area contributed by atoms with Gasteiger partial charge in [-0.2, -0.15) is 0 Å². The number of hydrogen-bond donors (Lipinski definition) is 2. The van der Waals surface area contributed by atoms with E-state index < -0.39 is 0 Å². The highest BCUT2D eigenvalue weighted by Crippen LogP contribution is 2.12. The fourth-order valence-corrected chi connectivity index (χ4v) is 2.87. The summed E-state index contributed by atoms with van der Waals surface area (Å²) in [7, 11) is 0. The van der Waals surface area contributed by atoms with Crippen LogP contribution in [-0.4, -0.2) is 16.8 Å². The summed E-state index contributed by atoms with van der Waals surface area (Å²) in [5.74, 6) is -0.293. The molecule has 0 fully saturated rings. The summed E-state index contributed by atoms with van der Waals surface area (Å²) < 4.78 is 0.858. The Morgan fingerprint density at radius 3 is 2.19 bits per heavy atom. The van der Waals surface area contributed by atoms with Gasteiger partial charge in [0.15, 0.2) is 0 Å². The summed E-state index contributed by atoms with van der Waals surface area (Å²) in [6.07, 6.45) is 3.41. The molecule has 27 heavy (non-hydrogen) atoms. The predicted octanol–water partition coefficient (Wildman–Crippen LogP) is 3.70. The third-order valence-electron chi connectivity index (χ3n) is 3.93. The molecule has 0 atom stereocenters. The van der Waals surface area contributed by atoms with Gasteiger partial charge in [-0.3, -0.25) is 14.6 Å². The molecule has 0 aliphatic heterocycles. The molecule has 6 heteroatoms. The number of pyridine rings is 1. The third kappa shape index (κ3) is 5.49. The normalized spacial score (nSPS) is 10.3. The average Bonchev–Trinajstić information content (AvgIpc) is 2.71. The van der Waals surface area contributed by atoms with Gasteiger partial charge < -0.3 is 10.6 Å². The van der Waals surface area contributed by atoms with Crippen LogP contribution in [0.25, 0.3) is 0 Å². The minimum atomic E-state index is -0.149. The van der Waals surface area contributed by atoms with Crippen molar-refractivity contribution in [2.75, 3.05) is 0 Å². The number of carbonyl (C=O) groups is 2. The Bertz CT molecular complexity index is 928. The van der Waals surface area contributed by atoms with Crippen molar-refractivity contribution in [3.05, 3.63) is 99.8 Å². The maximum Gasteiger partial charge on any atom is 0.251 e. The summed E-state index contributed by atoms with van der Waals surface area (Å²) >= 11 is 3.35. The van der Waals surface area contributed by atoms with Crippen LogP contribution in [0.4, 0.5) is 0 Å². The SMILES string of the molecule is O=C(NCc1cccnc1)c1ccc(CNC(=O)c2cccc(Br)c2)cc1. The van der Waals surface area contributed by atoms with E-state index in [1.807, 2.05) is 36.4 Å². The minimum absolute atomic E-state index is 0.144. The monoisotopic (exact) mass is 423 g/mol. The summed E-state index contributed by atoms with van der Waals surface area (Å²) in [5.41, 5.74) is 3.02. The quantitative estimate of drug-likeness (QED) is 0.634. The number of hydrogen-bond acceptors (Lipinski definition) is 3. The van der Waals surface area contributed by atoms with Gasteiger partial charge in [0.25, 0.3) is 11.8 Å². The second kappa shape index (κ2) is 9.09.